The van der Waals surface area contributed by atoms with E-state index in [9.17, 15) is 0 Å². The van der Waals surface area contributed by atoms with Crippen LogP contribution >= 0.6 is 15.9 Å². The van der Waals surface area contributed by atoms with Crippen molar-refractivity contribution in [1.29, 1.82) is 0 Å². The summed E-state index contributed by atoms with van der Waals surface area (Å²) in [5.41, 5.74) is 7.50. The van der Waals surface area contributed by atoms with E-state index in [1.165, 1.54) is 6.33 Å². The summed E-state index contributed by atoms with van der Waals surface area (Å²) < 4.78 is 1.02. The van der Waals surface area contributed by atoms with Crippen molar-refractivity contribution in [3.05, 3.63) is 47.3 Å². The van der Waals surface area contributed by atoms with Gasteiger partial charge in [-0.1, -0.05) is 22.0 Å². The van der Waals surface area contributed by atoms with Gasteiger partial charge in [-0.15, -0.1) is 0 Å². The van der Waals surface area contributed by atoms with Crippen LogP contribution in [0.15, 0.2) is 47.3 Å². The highest BCUT2D eigenvalue weighted by Gasteiger charge is 2.11. The molecule has 3 aromatic rings. The molecule has 0 atom stereocenters. The van der Waals surface area contributed by atoms with Crippen LogP contribution in [0.3, 0.4) is 0 Å². The van der Waals surface area contributed by atoms with Gasteiger partial charge in [0.25, 0.3) is 0 Å². The summed E-state index contributed by atoms with van der Waals surface area (Å²) in [5.74, 6) is 1.24. The Labute approximate surface area is 124 Å². The molecule has 0 aliphatic carbocycles. The van der Waals surface area contributed by atoms with E-state index in [-0.39, 0.29) is 0 Å². The predicted molar refractivity (Wildman–Crippen MR) is 84.0 cm³/mol. The third kappa shape index (κ3) is 2.30. The number of pyridine rings is 1. The molecule has 2 heterocycles. The highest BCUT2D eigenvalue weighted by molar-refractivity contribution is 9.10. The number of fused-ring (bicyclic) bond motifs is 1. The van der Waals surface area contributed by atoms with Gasteiger partial charge in [0.05, 0.1) is 10.9 Å². The van der Waals surface area contributed by atoms with Gasteiger partial charge in [0.1, 0.15) is 18.0 Å². The minimum absolute atomic E-state index is 0.451. The molecule has 0 amide bonds. The Morgan fingerprint density at radius 3 is 2.80 bits per heavy atom. The molecule has 0 saturated heterocycles. The number of nitrogen functional groups attached to an aromatic ring is 1. The minimum Gasteiger partial charge on any atom is -0.384 e. The molecule has 0 radical (unpaired) electrons. The number of hydrogen-bond acceptors (Lipinski definition) is 5. The number of nitrogens with zero attached hydrogens (tertiary/aromatic N) is 4. The fourth-order valence-corrected chi connectivity index (χ4v) is 2.42. The second-order valence-electron chi connectivity index (χ2n) is 4.36. The van der Waals surface area contributed by atoms with Crippen LogP contribution in [-0.2, 0) is 0 Å². The van der Waals surface area contributed by atoms with Crippen LogP contribution in [0.2, 0.25) is 0 Å². The van der Waals surface area contributed by atoms with Gasteiger partial charge >= 0.3 is 0 Å². The van der Waals surface area contributed by atoms with Crippen LogP contribution in [0.25, 0.3) is 10.9 Å². The standard InChI is InChI=1S/C14H12BrN5/c1-20(10-4-2-3-9(15)5-10)14-11-7-17-13(16)6-12(11)18-8-19-14/h2-8H,1H3,(H2,16,17). The molecule has 5 nitrogen and oxygen atoms in total. The Bertz CT molecular complexity index is 774. The first kappa shape index (κ1) is 12.8. The van der Waals surface area contributed by atoms with Crippen LogP contribution in [-0.4, -0.2) is 22.0 Å². The summed E-state index contributed by atoms with van der Waals surface area (Å²) in [4.78, 5) is 14.7. The van der Waals surface area contributed by atoms with Crippen LogP contribution in [0.4, 0.5) is 17.3 Å². The maximum Gasteiger partial charge on any atom is 0.145 e. The van der Waals surface area contributed by atoms with Gasteiger partial charge in [-0.3, -0.25) is 0 Å². The Kier molecular flexibility index (Phi) is 3.23. The molecule has 0 aliphatic rings. The summed E-state index contributed by atoms with van der Waals surface area (Å²) in [6.07, 6.45) is 3.24. The van der Waals surface area contributed by atoms with E-state index in [1.807, 2.05) is 36.2 Å². The fraction of sp³-hybridized carbons (Fsp3) is 0.0714. The lowest BCUT2D eigenvalue weighted by Crippen LogP contribution is -2.12. The maximum absolute atomic E-state index is 5.69. The first-order valence-corrected chi connectivity index (χ1v) is 6.80. The second kappa shape index (κ2) is 5.05. The zero-order valence-corrected chi connectivity index (χ0v) is 12.4. The number of rotatable bonds is 2. The average Bonchev–Trinajstić information content (AvgIpc) is 2.45. The summed E-state index contributed by atoms with van der Waals surface area (Å²) >= 11 is 3.47. The summed E-state index contributed by atoms with van der Waals surface area (Å²) in [6, 6.07) is 9.75. The van der Waals surface area contributed by atoms with E-state index in [0.717, 1.165) is 26.9 Å². The van der Waals surface area contributed by atoms with Crippen LogP contribution < -0.4 is 10.6 Å². The third-order valence-electron chi connectivity index (χ3n) is 3.03. The molecule has 0 unspecified atom stereocenters. The molecule has 0 fully saturated rings. The second-order valence-corrected chi connectivity index (χ2v) is 5.28. The van der Waals surface area contributed by atoms with Crippen molar-refractivity contribution in [2.45, 2.75) is 0 Å². The average molecular weight is 330 g/mol. The van der Waals surface area contributed by atoms with Crippen molar-refractivity contribution < 1.29 is 0 Å². The molecule has 0 aliphatic heterocycles. The van der Waals surface area contributed by atoms with E-state index >= 15 is 0 Å². The van der Waals surface area contributed by atoms with E-state index < -0.39 is 0 Å². The highest BCUT2D eigenvalue weighted by atomic mass is 79.9. The topological polar surface area (TPSA) is 67.9 Å². The third-order valence-corrected chi connectivity index (χ3v) is 3.53. The molecule has 2 aromatic heterocycles. The molecular weight excluding hydrogens is 318 g/mol. The monoisotopic (exact) mass is 329 g/mol. The molecule has 1 aromatic carbocycles. The lowest BCUT2D eigenvalue weighted by Gasteiger charge is -2.19. The largest absolute Gasteiger partial charge is 0.384 e. The summed E-state index contributed by atoms with van der Waals surface area (Å²) in [6.45, 7) is 0. The molecule has 0 spiro atoms. The number of halogens is 1. The quantitative estimate of drug-likeness (QED) is 0.782. The molecule has 20 heavy (non-hydrogen) atoms. The number of hydrogen-bond donors (Lipinski definition) is 1. The van der Waals surface area contributed by atoms with Crippen molar-refractivity contribution in [1.82, 2.24) is 15.0 Å². The van der Waals surface area contributed by atoms with E-state index in [2.05, 4.69) is 30.9 Å². The van der Waals surface area contributed by atoms with Crippen molar-refractivity contribution >= 4 is 44.2 Å². The minimum atomic E-state index is 0.451. The molecular formula is C14H12BrN5. The van der Waals surface area contributed by atoms with Gasteiger partial charge in [0.2, 0.25) is 0 Å². The van der Waals surface area contributed by atoms with Crippen LogP contribution in [0.1, 0.15) is 0 Å². The van der Waals surface area contributed by atoms with Crippen LogP contribution in [0.5, 0.6) is 0 Å². The van der Waals surface area contributed by atoms with Crippen molar-refractivity contribution in [3.63, 3.8) is 0 Å². The maximum atomic E-state index is 5.69. The Hall–Kier alpha value is -2.21. The van der Waals surface area contributed by atoms with Crippen molar-refractivity contribution in [3.8, 4) is 0 Å². The summed E-state index contributed by atoms with van der Waals surface area (Å²) in [7, 11) is 1.96. The predicted octanol–water partition coefficient (Wildman–Crippen LogP) is 3.14. The van der Waals surface area contributed by atoms with Crippen molar-refractivity contribution in [2.24, 2.45) is 0 Å². The van der Waals surface area contributed by atoms with Gasteiger partial charge in [-0.05, 0) is 18.2 Å². The van der Waals surface area contributed by atoms with Gasteiger partial charge in [0, 0.05) is 29.5 Å². The zero-order chi connectivity index (χ0) is 14.1. The Balaban J connectivity index is 2.14. The van der Waals surface area contributed by atoms with E-state index in [0.29, 0.717) is 5.82 Å². The Morgan fingerprint density at radius 2 is 2.00 bits per heavy atom. The van der Waals surface area contributed by atoms with Gasteiger partial charge in [-0.25, -0.2) is 15.0 Å². The molecule has 0 bridgehead atoms. The van der Waals surface area contributed by atoms with Gasteiger partial charge < -0.3 is 10.6 Å². The number of benzene rings is 1. The lowest BCUT2D eigenvalue weighted by atomic mass is 10.2. The normalized spacial score (nSPS) is 10.7. The van der Waals surface area contributed by atoms with E-state index in [1.54, 1.807) is 12.3 Å². The molecule has 0 saturated carbocycles. The Morgan fingerprint density at radius 1 is 1.15 bits per heavy atom. The first-order valence-electron chi connectivity index (χ1n) is 6.00. The fourth-order valence-electron chi connectivity index (χ4n) is 2.03. The van der Waals surface area contributed by atoms with Crippen LogP contribution in [0, 0.1) is 0 Å². The zero-order valence-electron chi connectivity index (χ0n) is 10.8. The molecule has 100 valence electrons. The molecule has 6 heteroatoms. The van der Waals surface area contributed by atoms with Crippen molar-refractivity contribution in [2.75, 3.05) is 17.7 Å². The highest BCUT2D eigenvalue weighted by Crippen LogP contribution is 2.29. The number of aromatic nitrogens is 3. The number of nitrogens with two attached hydrogens (primary N) is 1. The molecule has 3 rings (SSSR count). The summed E-state index contributed by atoms with van der Waals surface area (Å²) in [5, 5.41) is 0.865. The van der Waals surface area contributed by atoms with Gasteiger partial charge in [0.15, 0.2) is 0 Å². The SMILES string of the molecule is CN(c1cccc(Br)c1)c1ncnc2cc(N)ncc12. The smallest absolute Gasteiger partial charge is 0.145 e. The first-order chi connectivity index (χ1) is 9.65. The van der Waals surface area contributed by atoms with E-state index in [4.69, 9.17) is 5.73 Å². The molecule has 2 N–H and O–H groups in total. The number of anilines is 3. The van der Waals surface area contributed by atoms with Gasteiger partial charge in [-0.2, -0.15) is 0 Å². The lowest BCUT2D eigenvalue weighted by molar-refractivity contribution is 1.11.